The molecule has 0 radical (unpaired) electrons. The van der Waals surface area contributed by atoms with E-state index in [1.807, 2.05) is 19.1 Å². The van der Waals surface area contributed by atoms with Gasteiger partial charge in [0.25, 0.3) is 0 Å². The molecule has 0 aromatic carbocycles. The van der Waals surface area contributed by atoms with E-state index in [9.17, 15) is 0 Å². The zero-order chi connectivity index (χ0) is 9.14. The van der Waals surface area contributed by atoms with Gasteiger partial charge in [0.1, 0.15) is 6.10 Å². The van der Waals surface area contributed by atoms with Crippen LogP contribution in [0.5, 0.6) is 0 Å². The minimum Gasteiger partial charge on any atom is -0.374 e. The molecule has 1 rings (SSSR count). The Kier molecular flexibility index (Phi) is 3.53. The summed E-state index contributed by atoms with van der Waals surface area (Å²) in [6.45, 7) is 1.92. The van der Waals surface area contributed by atoms with Crippen LogP contribution >= 0.6 is 22.9 Å². The molecule has 4 heteroatoms. The van der Waals surface area contributed by atoms with Gasteiger partial charge in [-0.25, -0.2) is 0 Å². The van der Waals surface area contributed by atoms with Gasteiger partial charge in [-0.05, 0) is 19.1 Å². The first kappa shape index (κ1) is 9.99. The number of rotatable bonds is 3. The lowest BCUT2D eigenvalue weighted by Gasteiger charge is -2.16. The summed E-state index contributed by atoms with van der Waals surface area (Å²) in [5, 5.41) is 0. The number of ether oxygens (including phenoxy) is 1. The topological polar surface area (TPSA) is 35.2 Å². The monoisotopic (exact) mass is 205 g/mol. The molecule has 0 saturated carbocycles. The molecule has 2 unspecified atom stereocenters. The first-order valence-corrected chi connectivity index (χ1v) is 4.88. The van der Waals surface area contributed by atoms with Crippen molar-refractivity contribution in [3.8, 4) is 0 Å². The molecule has 12 heavy (non-hydrogen) atoms. The summed E-state index contributed by atoms with van der Waals surface area (Å²) in [4.78, 5) is 1.08. The van der Waals surface area contributed by atoms with Crippen LogP contribution in [0.1, 0.15) is 17.9 Å². The van der Waals surface area contributed by atoms with Crippen LogP contribution in [0.15, 0.2) is 12.1 Å². The summed E-state index contributed by atoms with van der Waals surface area (Å²) in [6.07, 6.45) is -0.0394. The number of hydrogen-bond donors (Lipinski definition) is 1. The van der Waals surface area contributed by atoms with E-state index in [0.717, 1.165) is 9.21 Å². The second-order valence-corrected chi connectivity index (χ2v) is 4.40. The quantitative estimate of drug-likeness (QED) is 0.823. The van der Waals surface area contributed by atoms with Crippen LogP contribution < -0.4 is 5.73 Å². The van der Waals surface area contributed by atoms with Crippen molar-refractivity contribution < 1.29 is 4.74 Å². The lowest BCUT2D eigenvalue weighted by atomic mass is 10.2. The summed E-state index contributed by atoms with van der Waals surface area (Å²) in [7, 11) is 1.65. The molecule has 2 N–H and O–H groups in total. The van der Waals surface area contributed by atoms with E-state index >= 15 is 0 Å². The molecule has 0 amide bonds. The molecule has 0 bridgehead atoms. The number of nitrogens with two attached hydrogens (primary N) is 1. The first-order valence-electron chi connectivity index (χ1n) is 3.68. The summed E-state index contributed by atoms with van der Waals surface area (Å²) in [6, 6.07) is 3.80. The highest BCUT2D eigenvalue weighted by Gasteiger charge is 2.16. The van der Waals surface area contributed by atoms with Gasteiger partial charge in [0.2, 0.25) is 0 Å². The molecule has 1 heterocycles. The highest BCUT2D eigenvalue weighted by Crippen LogP contribution is 2.29. The van der Waals surface area contributed by atoms with E-state index in [-0.39, 0.29) is 12.1 Å². The Morgan fingerprint density at radius 1 is 1.58 bits per heavy atom. The highest BCUT2D eigenvalue weighted by molar-refractivity contribution is 7.16. The average molecular weight is 206 g/mol. The number of thiophene rings is 1. The smallest absolute Gasteiger partial charge is 0.106 e. The maximum atomic E-state index is 5.79. The van der Waals surface area contributed by atoms with Gasteiger partial charge in [0, 0.05) is 18.0 Å². The third kappa shape index (κ3) is 2.20. The van der Waals surface area contributed by atoms with Crippen molar-refractivity contribution in [2.24, 2.45) is 5.73 Å². The van der Waals surface area contributed by atoms with Crippen LogP contribution in [0.2, 0.25) is 4.34 Å². The third-order valence-corrected chi connectivity index (χ3v) is 2.90. The summed E-state index contributed by atoms with van der Waals surface area (Å²) < 4.78 is 6.01. The zero-order valence-electron chi connectivity index (χ0n) is 7.08. The maximum Gasteiger partial charge on any atom is 0.106 e. The second kappa shape index (κ2) is 4.23. The third-order valence-electron chi connectivity index (χ3n) is 1.61. The first-order chi connectivity index (χ1) is 5.65. The molecule has 1 aromatic heterocycles. The molecule has 0 aliphatic heterocycles. The molecular formula is C8H12ClNOS. The zero-order valence-corrected chi connectivity index (χ0v) is 8.65. The van der Waals surface area contributed by atoms with E-state index in [0.29, 0.717) is 0 Å². The van der Waals surface area contributed by atoms with Crippen LogP contribution in [0.25, 0.3) is 0 Å². The van der Waals surface area contributed by atoms with Gasteiger partial charge in [0.05, 0.1) is 4.34 Å². The predicted molar refractivity (Wildman–Crippen MR) is 52.7 cm³/mol. The molecule has 0 aliphatic carbocycles. The average Bonchev–Trinajstić information content (AvgIpc) is 2.37. The van der Waals surface area contributed by atoms with Crippen LogP contribution in [0.3, 0.4) is 0 Å². The Bertz CT molecular complexity index is 249. The van der Waals surface area contributed by atoms with Gasteiger partial charge < -0.3 is 10.5 Å². The van der Waals surface area contributed by atoms with Crippen LogP contribution in [0, 0.1) is 0 Å². The number of hydrogen-bond acceptors (Lipinski definition) is 3. The standard InChI is InChI=1S/C8H12ClNOS/c1-5(10)8(11-2)6-3-4-7(9)12-6/h3-5,8H,10H2,1-2H3. The predicted octanol–water partition coefficient (Wildman–Crippen LogP) is 2.44. The van der Waals surface area contributed by atoms with Crippen molar-refractivity contribution in [2.75, 3.05) is 7.11 Å². The van der Waals surface area contributed by atoms with Crippen molar-refractivity contribution in [2.45, 2.75) is 19.1 Å². The van der Waals surface area contributed by atoms with Crippen molar-refractivity contribution in [3.63, 3.8) is 0 Å². The number of halogens is 1. The fraction of sp³-hybridized carbons (Fsp3) is 0.500. The second-order valence-electron chi connectivity index (χ2n) is 2.66. The summed E-state index contributed by atoms with van der Waals surface area (Å²) in [5.74, 6) is 0. The summed E-state index contributed by atoms with van der Waals surface area (Å²) in [5.41, 5.74) is 5.73. The fourth-order valence-electron chi connectivity index (χ4n) is 1.07. The minimum atomic E-state index is -0.0394. The van der Waals surface area contributed by atoms with Gasteiger partial charge in [-0.15, -0.1) is 11.3 Å². The van der Waals surface area contributed by atoms with E-state index in [2.05, 4.69) is 0 Å². The largest absolute Gasteiger partial charge is 0.374 e. The highest BCUT2D eigenvalue weighted by atomic mass is 35.5. The van der Waals surface area contributed by atoms with Gasteiger partial charge in [-0.2, -0.15) is 0 Å². The summed E-state index contributed by atoms with van der Waals surface area (Å²) >= 11 is 7.30. The van der Waals surface area contributed by atoms with Crippen molar-refractivity contribution in [1.82, 2.24) is 0 Å². The van der Waals surface area contributed by atoms with Crippen molar-refractivity contribution in [3.05, 3.63) is 21.3 Å². The molecule has 0 spiro atoms. The van der Waals surface area contributed by atoms with Crippen molar-refractivity contribution in [1.29, 1.82) is 0 Å². The molecular weight excluding hydrogens is 194 g/mol. The van der Waals surface area contributed by atoms with E-state index < -0.39 is 0 Å². The lowest BCUT2D eigenvalue weighted by Crippen LogP contribution is -2.25. The van der Waals surface area contributed by atoms with E-state index in [1.165, 1.54) is 11.3 Å². The Balaban J connectivity index is 2.80. The molecule has 1 aromatic rings. The molecule has 0 aliphatic rings. The van der Waals surface area contributed by atoms with Gasteiger partial charge in [0.15, 0.2) is 0 Å². The maximum absolute atomic E-state index is 5.79. The minimum absolute atomic E-state index is 0.00952. The normalized spacial score (nSPS) is 16.0. The Labute approximate surface area is 81.3 Å². The van der Waals surface area contributed by atoms with Gasteiger partial charge in [-0.3, -0.25) is 0 Å². The lowest BCUT2D eigenvalue weighted by molar-refractivity contribution is 0.0882. The van der Waals surface area contributed by atoms with Crippen molar-refractivity contribution >= 4 is 22.9 Å². The fourth-order valence-corrected chi connectivity index (χ4v) is 2.33. The van der Waals surface area contributed by atoms with Crippen LogP contribution in [0.4, 0.5) is 0 Å². The van der Waals surface area contributed by atoms with E-state index in [1.54, 1.807) is 7.11 Å². The Morgan fingerprint density at radius 3 is 2.58 bits per heavy atom. The van der Waals surface area contributed by atoms with Crippen LogP contribution in [-0.2, 0) is 4.74 Å². The Hall–Kier alpha value is -0.0900. The van der Waals surface area contributed by atoms with Gasteiger partial charge >= 0.3 is 0 Å². The molecule has 0 saturated heterocycles. The SMILES string of the molecule is COC(c1ccc(Cl)s1)C(C)N. The molecule has 68 valence electrons. The molecule has 2 nitrogen and oxygen atoms in total. The van der Waals surface area contributed by atoms with Crippen LogP contribution in [-0.4, -0.2) is 13.2 Å². The molecule has 2 atom stereocenters. The number of methoxy groups -OCH3 is 1. The van der Waals surface area contributed by atoms with E-state index in [4.69, 9.17) is 22.1 Å². The van der Waals surface area contributed by atoms with Gasteiger partial charge in [-0.1, -0.05) is 11.6 Å². The molecule has 0 fully saturated rings. The Morgan fingerprint density at radius 2 is 2.25 bits per heavy atom.